The molecule has 0 amide bonds. The number of allylic oxidation sites excluding steroid dienone is 1. The molecule has 1 heterocycles. The van der Waals surface area contributed by atoms with Crippen LogP contribution < -0.4 is 5.32 Å². The topological polar surface area (TPSA) is 12.0 Å². The van der Waals surface area contributed by atoms with E-state index in [-0.39, 0.29) is 0 Å². The Balaban J connectivity index is 1.96. The summed E-state index contributed by atoms with van der Waals surface area (Å²) in [6.45, 7) is 3.43. The number of nitrogens with one attached hydrogen (secondary N) is 1. The monoisotopic (exact) mass is 185 g/mol. The van der Waals surface area contributed by atoms with E-state index in [4.69, 9.17) is 0 Å². The van der Waals surface area contributed by atoms with Crippen LogP contribution in [-0.2, 0) is 0 Å². The minimum atomic E-state index is 0.697. The molecule has 2 heteroatoms. The highest BCUT2D eigenvalue weighted by molar-refractivity contribution is 8.00. The Kier molecular flexibility index (Phi) is 5.53. The van der Waals surface area contributed by atoms with Gasteiger partial charge in [-0.2, -0.15) is 0 Å². The molecule has 0 aromatic carbocycles. The fourth-order valence-electron chi connectivity index (χ4n) is 1.29. The minimum absolute atomic E-state index is 0.697. The Labute approximate surface area is 80.0 Å². The van der Waals surface area contributed by atoms with Gasteiger partial charge in [-0.1, -0.05) is 31.9 Å². The first-order valence-corrected chi connectivity index (χ1v) is 5.98. The van der Waals surface area contributed by atoms with E-state index in [0.29, 0.717) is 5.37 Å². The molecule has 1 aliphatic rings. The average molecular weight is 185 g/mol. The van der Waals surface area contributed by atoms with Gasteiger partial charge < -0.3 is 5.32 Å². The summed E-state index contributed by atoms with van der Waals surface area (Å²) in [4.78, 5) is 0. The van der Waals surface area contributed by atoms with Crippen molar-refractivity contribution in [1.29, 1.82) is 0 Å². The Bertz CT molecular complexity index is 128. The fraction of sp³-hybridized carbons (Fsp3) is 0.800. The van der Waals surface area contributed by atoms with Crippen molar-refractivity contribution in [1.82, 2.24) is 5.32 Å². The first-order chi connectivity index (χ1) is 5.93. The molecule has 1 rings (SSSR count). The standard InChI is InChI=1S/C10H19NS/c1-2-3-4-5-6-7-10-11-8-9-12-10/h5-6,10-11H,2-4,7-9H2,1H3/b6-5-. The smallest absolute Gasteiger partial charge is 0.0567 e. The molecule has 1 unspecified atom stereocenters. The number of unbranched alkanes of at least 4 members (excludes halogenated alkanes) is 2. The van der Waals surface area contributed by atoms with E-state index >= 15 is 0 Å². The van der Waals surface area contributed by atoms with Gasteiger partial charge in [-0.25, -0.2) is 0 Å². The number of thioether (sulfide) groups is 1. The SMILES string of the molecule is CCCC/C=C\CC1NCCS1. The molecule has 0 spiro atoms. The molecule has 1 nitrogen and oxygen atoms in total. The number of hydrogen-bond donors (Lipinski definition) is 1. The zero-order valence-electron chi connectivity index (χ0n) is 7.88. The summed E-state index contributed by atoms with van der Waals surface area (Å²) in [5, 5.41) is 4.16. The molecule has 12 heavy (non-hydrogen) atoms. The molecule has 0 bridgehead atoms. The summed E-state index contributed by atoms with van der Waals surface area (Å²) in [5.74, 6) is 1.29. The Morgan fingerprint density at radius 2 is 2.42 bits per heavy atom. The van der Waals surface area contributed by atoms with E-state index in [1.165, 1.54) is 38.0 Å². The van der Waals surface area contributed by atoms with Crippen LogP contribution in [0.3, 0.4) is 0 Å². The van der Waals surface area contributed by atoms with Crippen molar-refractivity contribution in [2.45, 2.75) is 38.0 Å². The third-order valence-electron chi connectivity index (χ3n) is 2.03. The Hall–Kier alpha value is 0.0500. The molecule has 1 N–H and O–H groups in total. The molecule has 1 atom stereocenters. The number of hydrogen-bond acceptors (Lipinski definition) is 2. The van der Waals surface area contributed by atoms with Crippen LogP contribution in [0.25, 0.3) is 0 Å². The van der Waals surface area contributed by atoms with Crippen LogP contribution in [-0.4, -0.2) is 17.7 Å². The molecular formula is C10H19NS. The second-order valence-electron chi connectivity index (χ2n) is 3.16. The second kappa shape index (κ2) is 6.55. The summed E-state index contributed by atoms with van der Waals surface area (Å²) in [6.07, 6.45) is 9.75. The van der Waals surface area contributed by atoms with Gasteiger partial charge in [0, 0.05) is 12.3 Å². The number of rotatable bonds is 5. The van der Waals surface area contributed by atoms with Crippen LogP contribution in [0.1, 0.15) is 32.6 Å². The van der Waals surface area contributed by atoms with Crippen LogP contribution >= 0.6 is 11.8 Å². The van der Waals surface area contributed by atoms with Crippen LogP contribution in [0.15, 0.2) is 12.2 Å². The molecule has 1 fully saturated rings. The largest absolute Gasteiger partial charge is 0.304 e. The molecule has 1 saturated heterocycles. The van der Waals surface area contributed by atoms with Gasteiger partial charge in [-0.05, 0) is 12.8 Å². The van der Waals surface area contributed by atoms with Crippen LogP contribution in [0, 0.1) is 0 Å². The first kappa shape index (κ1) is 10.1. The summed E-state index contributed by atoms with van der Waals surface area (Å²) < 4.78 is 0. The van der Waals surface area contributed by atoms with Crippen molar-refractivity contribution in [2.75, 3.05) is 12.3 Å². The normalized spacial score (nSPS) is 23.9. The lowest BCUT2D eigenvalue weighted by atomic mass is 10.2. The lowest BCUT2D eigenvalue weighted by Crippen LogP contribution is -2.18. The fourth-order valence-corrected chi connectivity index (χ4v) is 2.29. The van der Waals surface area contributed by atoms with Gasteiger partial charge in [0.05, 0.1) is 5.37 Å². The summed E-state index contributed by atoms with van der Waals surface area (Å²) in [6, 6.07) is 0. The van der Waals surface area contributed by atoms with Gasteiger partial charge in [-0.3, -0.25) is 0 Å². The summed E-state index contributed by atoms with van der Waals surface area (Å²) >= 11 is 2.04. The molecule has 0 aliphatic carbocycles. The van der Waals surface area contributed by atoms with E-state index in [1.807, 2.05) is 11.8 Å². The lowest BCUT2D eigenvalue weighted by Gasteiger charge is -2.03. The zero-order chi connectivity index (χ0) is 8.65. The van der Waals surface area contributed by atoms with E-state index in [0.717, 1.165) is 0 Å². The molecular weight excluding hydrogens is 166 g/mol. The van der Waals surface area contributed by atoms with Crippen molar-refractivity contribution in [3.05, 3.63) is 12.2 Å². The summed E-state index contributed by atoms with van der Waals surface area (Å²) in [5.41, 5.74) is 0. The van der Waals surface area contributed by atoms with Crippen molar-refractivity contribution in [2.24, 2.45) is 0 Å². The van der Waals surface area contributed by atoms with Crippen LogP contribution in [0.5, 0.6) is 0 Å². The quantitative estimate of drug-likeness (QED) is 0.522. The van der Waals surface area contributed by atoms with Crippen molar-refractivity contribution < 1.29 is 0 Å². The predicted octanol–water partition coefficient (Wildman–Crippen LogP) is 2.79. The maximum Gasteiger partial charge on any atom is 0.0567 e. The molecule has 70 valence electrons. The van der Waals surface area contributed by atoms with E-state index < -0.39 is 0 Å². The highest BCUT2D eigenvalue weighted by atomic mass is 32.2. The van der Waals surface area contributed by atoms with Crippen molar-refractivity contribution >= 4 is 11.8 Å². The molecule has 0 saturated carbocycles. The van der Waals surface area contributed by atoms with E-state index in [9.17, 15) is 0 Å². The summed E-state index contributed by atoms with van der Waals surface area (Å²) in [7, 11) is 0. The maximum atomic E-state index is 3.46. The molecule has 0 aromatic rings. The average Bonchev–Trinajstić information content (AvgIpc) is 2.57. The second-order valence-corrected chi connectivity index (χ2v) is 4.47. The zero-order valence-corrected chi connectivity index (χ0v) is 8.70. The van der Waals surface area contributed by atoms with Crippen LogP contribution in [0.4, 0.5) is 0 Å². The van der Waals surface area contributed by atoms with Gasteiger partial charge >= 0.3 is 0 Å². The van der Waals surface area contributed by atoms with Gasteiger partial charge in [0.1, 0.15) is 0 Å². The van der Waals surface area contributed by atoms with E-state index in [1.54, 1.807) is 0 Å². The minimum Gasteiger partial charge on any atom is -0.304 e. The van der Waals surface area contributed by atoms with E-state index in [2.05, 4.69) is 24.4 Å². The maximum absolute atomic E-state index is 3.46. The highest BCUT2D eigenvalue weighted by Crippen LogP contribution is 2.17. The van der Waals surface area contributed by atoms with Crippen LogP contribution in [0.2, 0.25) is 0 Å². The van der Waals surface area contributed by atoms with Gasteiger partial charge in [0.2, 0.25) is 0 Å². The van der Waals surface area contributed by atoms with Gasteiger partial charge in [-0.15, -0.1) is 11.8 Å². The molecule has 0 aromatic heterocycles. The Morgan fingerprint density at radius 1 is 1.50 bits per heavy atom. The molecule has 1 aliphatic heterocycles. The van der Waals surface area contributed by atoms with Crippen molar-refractivity contribution in [3.8, 4) is 0 Å². The lowest BCUT2D eigenvalue weighted by molar-refractivity contribution is 0.716. The first-order valence-electron chi connectivity index (χ1n) is 4.93. The third kappa shape index (κ3) is 4.17. The third-order valence-corrected chi connectivity index (χ3v) is 3.24. The highest BCUT2D eigenvalue weighted by Gasteiger charge is 2.11. The van der Waals surface area contributed by atoms with Gasteiger partial charge in [0.25, 0.3) is 0 Å². The van der Waals surface area contributed by atoms with Gasteiger partial charge in [0.15, 0.2) is 0 Å². The predicted molar refractivity (Wildman–Crippen MR) is 57.5 cm³/mol. The van der Waals surface area contributed by atoms with Crippen molar-refractivity contribution in [3.63, 3.8) is 0 Å². The Morgan fingerprint density at radius 3 is 3.08 bits per heavy atom. The molecule has 0 radical (unpaired) electrons.